The highest BCUT2D eigenvalue weighted by atomic mass is 79.9. The molecule has 0 bridgehead atoms. The van der Waals surface area contributed by atoms with Crippen molar-refractivity contribution in [1.82, 2.24) is 5.32 Å². The molecule has 0 heterocycles. The number of benzene rings is 2. The number of halogens is 2. The summed E-state index contributed by atoms with van der Waals surface area (Å²) < 4.78 is 14.3. The predicted molar refractivity (Wildman–Crippen MR) is 80.8 cm³/mol. The van der Waals surface area contributed by atoms with Gasteiger partial charge >= 0.3 is 0 Å². The molecule has 0 unspecified atom stereocenters. The lowest BCUT2D eigenvalue weighted by molar-refractivity contribution is 0.0939. The number of carbonyl (C=O) groups is 1. The van der Waals surface area contributed by atoms with Gasteiger partial charge in [0.25, 0.3) is 5.91 Å². The summed E-state index contributed by atoms with van der Waals surface area (Å²) in [7, 11) is 0. The summed E-state index contributed by atoms with van der Waals surface area (Å²) in [4.78, 5) is 12.1. The van der Waals surface area contributed by atoms with Crippen LogP contribution in [-0.2, 0) is 0 Å². The van der Waals surface area contributed by atoms with Crippen LogP contribution < -0.4 is 11.1 Å². The molecule has 20 heavy (non-hydrogen) atoms. The third kappa shape index (κ3) is 3.17. The van der Waals surface area contributed by atoms with Gasteiger partial charge in [0.2, 0.25) is 0 Å². The molecule has 0 spiro atoms. The lowest BCUT2D eigenvalue weighted by Crippen LogP contribution is -2.27. The number of nitrogens with one attached hydrogen (secondary N) is 1. The van der Waals surface area contributed by atoms with E-state index in [1.807, 2.05) is 31.2 Å². The number of rotatable bonds is 3. The molecule has 1 atom stereocenters. The van der Waals surface area contributed by atoms with Gasteiger partial charge in [0.1, 0.15) is 5.82 Å². The highest BCUT2D eigenvalue weighted by Crippen LogP contribution is 2.23. The molecule has 3 N–H and O–H groups in total. The summed E-state index contributed by atoms with van der Waals surface area (Å²) in [5.41, 5.74) is 6.62. The number of carbonyl (C=O) groups excluding carboxylic acids is 1. The Morgan fingerprint density at radius 1 is 1.30 bits per heavy atom. The summed E-state index contributed by atoms with van der Waals surface area (Å²) >= 11 is 3.44. The maximum atomic E-state index is 13.4. The molecule has 0 saturated heterocycles. The van der Waals surface area contributed by atoms with E-state index in [-0.39, 0.29) is 23.2 Å². The van der Waals surface area contributed by atoms with E-state index >= 15 is 0 Å². The van der Waals surface area contributed by atoms with Crippen LogP contribution in [0.2, 0.25) is 0 Å². The molecule has 0 fully saturated rings. The molecule has 2 aromatic carbocycles. The normalized spacial score (nSPS) is 11.9. The summed E-state index contributed by atoms with van der Waals surface area (Å²) in [5, 5.41) is 2.82. The fourth-order valence-electron chi connectivity index (χ4n) is 1.85. The molecule has 104 valence electrons. The molecule has 0 saturated carbocycles. The Bertz CT molecular complexity index is 646. The summed E-state index contributed by atoms with van der Waals surface area (Å²) in [5.74, 6) is -0.932. The Labute approximate surface area is 125 Å². The lowest BCUT2D eigenvalue weighted by atomic mass is 10.1. The molecule has 0 aliphatic carbocycles. The average molecular weight is 337 g/mol. The predicted octanol–water partition coefficient (Wildman–Crippen LogP) is 3.66. The Hall–Kier alpha value is -1.88. The van der Waals surface area contributed by atoms with E-state index < -0.39 is 5.82 Å². The minimum absolute atomic E-state index is 0.0282. The topological polar surface area (TPSA) is 55.1 Å². The van der Waals surface area contributed by atoms with E-state index in [9.17, 15) is 9.18 Å². The molecule has 1 amide bonds. The first-order valence-electron chi connectivity index (χ1n) is 6.09. The first-order valence-corrected chi connectivity index (χ1v) is 6.88. The first kappa shape index (κ1) is 14.5. The molecular weight excluding hydrogens is 323 g/mol. The van der Waals surface area contributed by atoms with E-state index in [4.69, 9.17) is 5.73 Å². The van der Waals surface area contributed by atoms with Gasteiger partial charge in [0.05, 0.1) is 11.7 Å². The van der Waals surface area contributed by atoms with Crippen LogP contribution >= 0.6 is 15.9 Å². The van der Waals surface area contributed by atoms with Crippen LogP contribution in [0.3, 0.4) is 0 Å². The molecule has 0 aromatic heterocycles. The van der Waals surface area contributed by atoms with Crippen molar-refractivity contribution in [1.29, 1.82) is 0 Å². The summed E-state index contributed by atoms with van der Waals surface area (Å²) in [6.07, 6.45) is 0. The fraction of sp³-hybridized carbons (Fsp3) is 0.133. The number of anilines is 1. The number of amides is 1. The second-order valence-electron chi connectivity index (χ2n) is 4.45. The molecule has 0 aliphatic rings. The largest absolute Gasteiger partial charge is 0.396 e. The van der Waals surface area contributed by atoms with E-state index in [0.29, 0.717) is 0 Å². The van der Waals surface area contributed by atoms with Gasteiger partial charge in [-0.1, -0.05) is 34.1 Å². The minimum Gasteiger partial charge on any atom is -0.396 e. The van der Waals surface area contributed by atoms with E-state index in [1.165, 1.54) is 12.1 Å². The van der Waals surface area contributed by atoms with Crippen LogP contribution in [0.25, 0.3) is 0 Å². The van der Waals surface area contributed by atoms with Gasteiger partial charge in [-0.25, -0.2) is 4.39 Å². The van der Waals surface area contributed by atoms with Gasteiger partial charge in [0.15, 0.2) is 0 Å². The van der Waals surface area contributed by atoms with Gasteiger partial charge in [-0.3, -0.25) is 4.79 Å². The van der Waals surface area contributed by atoms with Crippen molar-refractivity contribution in [3.8, 4) is 0 Å². The van der Waals surface area contributed by atoms with Gasteiger partial charge in [0, 0.05) is 10.0 Å². The van der Waals surface area contributed by atoms with Crippen molar-refractivity contribution >= 4 is 27.5 Å². The van der Waals surface area contributed by atoms with Gasteiger partial charge in [-0.15, -0.1) is 0 Å². The van der Waals surface area contributed by atoms with Crippen molar-refractivity contribution in [2.45, 2.75) is 13.0 Å². The fourth-order valence-corrected chi connectivity index (χ4v) is 2.48. The minimum atomic E-state index is -0.591. The van der Waals surface area contributed by atoms with Crippen molar-refractivity contribution in [2.75, 3.05) is 5.73 Å². The Morgan fingerprint density at radius 3 is 2.65 bits per heavy atom. The molecule has 3 nitrogen and oxygen atoms in total. The van der Waals surface area contributed by atoms with Crippen LogP contribution in [0.15, 0.2) is 46.9 Å². The molecule has 2 aromatic rings. The third-order valence-corrected chi connectivity index (χ3v) is 3.70. The van der Waals surface area contributed by atoms with Gasteiger partial charge in [-0.2, -0.15) is 0 Å². The van der Waals surface area contributed by atoms with Gasteiger partial charge < -0.3 is 11.1 Å². The smallest absolute Gasteiger partial charge is 0.251 e. The summed E-state index contributed by atoms with van der Waals surface area (Å²) in [6.45, 7) is 1.87. The molecular formula is C15H14BrFN2O. The second kappa shape index (κ2) is 6.05. The highest BCUT2D eigenvalue weighted by Gasteiger charge is 2.14. The maximum Gasteiger partial charge on any atom is 0.251 e. The SMILES string of the molecule is C[C@H](NC(=O)c1ccc(N)c(F)c1)c1ccccc1Br. The van der Waals surface area contributed by atoms with Crippen molar-refractivity contribution in [2.24, 2.45) is 0 Å². The third-order valence-electron chi connectivity index (χ3n) is 2.98. The Morgan fingerprint density at radius 2 is 2.00 bits per heavy atom. The molecule has 0 radical (unpaired) electrons. The zero-order valence-corrected chi connectivity index (χ0v) is 12.4. The van der Waals surface area contributed by atoms with Crippen LogP contribution in [-0.4, -0.2) is 5.91 Å². The van der Waals surface area contributed by atoms with E-state index in [1.54, 1.807) is 0 Å². The number of nitrogen functional groups attached to an aromatic ring is 1. The quantitative estimate of drug-likeness (QED) is 0.840. The van der Waals surface area contributed by atoms with Crippen molar-refractivity contribution in [3.63, 3.8) is 0 Å². The molecule has 2 rings (SSSR count). The number of nitrogens with two attached hydrogens (primary N) is 1. The monoisotopic (exact) mass is 336 g/mol. The van der Waals surface area contributed by atoms with Crippen LogP contribution in [0.5, 0.6) is 0 Å². The first-order chi connectivity index (χ1) is 9.49. The zero-order valence-electron chi connectivity index (χ0n) is 10.9. The number of hydrogen-bond acceptors (Lipinski definition) is 2. The maximum absolute atomic E-state index is 13.4. The Balaban J connectivity index is 2.15. The van der Waals surface area contributed by atoms with Crippen LogP contribution in [0.4, 0.5) is 10.1 Å². The summed E-state index contributed by atoms with van der Waals surface area (Å²) in [6, 6.07) is 11.4. The van der Waals surface area contributed by atoms with Crippen LogP contribution in [0, 0.1) is 5.82 Å². The lowest BCUT2D eigenvalue weighted by Gasteiger charge is -2.16. The zero-order chi connectivity index (χ0) is 14.7. The molecule has 0 aliphatic heterocycles. The second-order valence-corrected chi connectivity index (χ2v) is 5.31. The molecule has 5 heteroatoms. The van der Waals surface area contributed by atoms with E-state index in [0.717, 1.165) is 16.1 Å². The standard InChI is InChI=1S/C15H14BrFN2O/c1-9(11-4-2-3-5-12(11)16)19-15(20)10-6-7-14(18)13(17)8-10/h2-9H,18H2,1H3,(H,19,20)/t9-/m0/s1. The number of hydrogen-bond donors (Lipinski definition) is 2. The highest BCUT2D eigenvalue weighted by molar-refractivity contribution is 9.10. The van der Waals surface area contributed by atoms with Crippen molar-refractivity contribution in [3.05, 3.63) is 63.9 Å². The van der Waals surface area contributed by atoms with Crippen LogP contribution in [0.1, 0.15) is 28.9 Å². The van der Waals surface area contributed by atoms with E-state index in [2.05, 4.69) is 21.2 Å². The average Bonchev–Trinajstić information content (AvgIpc) is 2.42. The van der Waals surface area contributed by atoms with Gasteiger partial charge in [-0.05, 0) is 36.8 Å². The van der Waals surface area contributed by atoms with Crippen molar-refractivity contribution < 1.29 is 9.18 Å². The Kier molecular flexibility index (Phi) is 4.39.